The van der Waals surface area contributed by atoms with Crippen molar-refractivity contribution in [2.45, 2.75) is 6.92 Å². The first-order valence-corrected chi connectivity index (χ1v) is 5.40. The Balaban J connectivity index is 2.58. The molecule has 2 aromatic rings. The maximum atomic E-state index is 13.5. The van der Waals surface area contributed by atoms with E-state index in [2.05, 4.69) is 21.0 Å². The number of hydrogen-bond donors (Lipinski definition) is 0. The third-order valence-corrected chi connectivity index (χ3v) is 2.93. The van der Waals surface area contributed by atoms with Crippen LogP contribution in [0.5, 0.6) is 0 Å². The molecular weight excluding hydrogens is 275 g/mol. The Labute approximate surface area is 100 Å². The number of halogens is 2. The van der Waals surface area contributed by atoms with E-state index in [9.17, 15) is 9.18 Å². The lowest BCUT2D eigenvalue weighted by atomic mass is 10.2. The minimum Gasteiger partial charge on any atom is -0.294 e. The third-order valence-electron chi connectivity index (χ3n) is 2.17. The van der Waals surface area contributed by atoms with Gasteiger partial charge in [-0.15, -0.1) is 0 Å². The van der Waals surface area contributed by atoms with Gasteiger partial charge < -0.3 is 0 Å². The lowest BCUT2D eigenvalue weighted by Gasteiger charge is -2.04. The highest BCUT2D eigenvalue weighted by atomic mass is 79.9. The zero-order valence-corrected chi connectivity index (χ0v) is 10.0. The van der Waals surface area contributed by atoms with Gasteiger partial charge >= 0.3 is 0 Å². The number of Topliss-reactive ketones (excluding diaryl/α,β-unsaturated/α-hetero) is 1. The molecule has 0 saturated heterocycles. The quantitative estimate of drug-likeness (QED) is 0.794. The van der Waals surface area contributed by atoms with E-state index in [4.69, 9.17) is 0 Å². The first kappa shape index (κ1) is 11.0. The highest BCUT2D eigenvalue weighted by molar-refractivity contribution is 9.10. The van der Waals surface area contributed by atoms with Gasteiger partial charge in [-0.2, -0.15) is 5.10 Å². The number of nitrogens with zero attached hydrogens (tertiary/aromatic N) is 2. The van der Waals surface area contributed by atoms with Gasteiger partial charge in [0.1, 0.15) is 16.1 Å². The molecule has 0 unspecified atom stereocenters. The van der Waals surface area contributed by atoms with Crippen molar-refractivity contribution in [3.63, 3.8) is 0 Å². The van der Waals surface area contributed by atoms with Crippen molar-refractivity contribution in [2.24, 2.45) is 0 Å². The Bertz CT molecular complexity index is 551. The Morgan fingerprint density at radius 1 is 1.44 bits per heavy atom. The molecule has 0 spiro atoms. The summed E-state index contributed by atoms with van der Waals surface area (Å²) in [5.41, 5.74) is 0.741. The van der Waals surface area contributed by atoms with E-state index >= 15 is 0 Å². The Hall–Kier alpha value is -1.49. The number of rotatable bonds is 2. The van der Waals surface area contributed by atoms with Crippen LogP contribution < -0.4 is 0 Å². The molecule has 5 heteroatoms. The minimum absolute atomic E-state index is 0.116. The Morgan fingerprint density at radius 2 is 2.12 bits per heavy atom. The average molecular weight is 283 g/mol. The number of carbonyl (C=O) groups excluding carboxylic acids is 1. The lowest BCUT2D eigenvalue weighted by Crippen LogP contribution is -2.00. The molecule has 1 heterocycles. The summed E-state index contributed by atoms with van der Waals surface area (Å²) >= 11 is 3.24. The molecule has 0 aliphatic heterocycles. The van der Waals surface area contributed by atoms with Gasteiger partial charge in [-0.1, -0.05) is 12.1 Å². The van der Waals surface area contributed by atoms with Gasteiger partial charge in [0, 0.05) is 0 Å². The van der Waals surface area contributed by atoms with Gasteiger partial charge in [-0.05, 0) is 35.0 Å². The number of para-hydroxylation sites is 1. The van der Waals surface area contributed by atoms with Crippen LogP contribution in [0.3, 0.4) is 0 Å². The molecule has 0 amide bonds. The highest BCUT2D eigenvalue weighted by Gasteiger charge is 2.14. The molecule has 1 aromatic heterocycles. The second kappa shape index (κ2) is 4.17. The third kappa shape index (κ3) is 1.78. The maximum absolute atomic E-state index is 13.5. The van der Waals surface area contributed by atoms with Gasteiger partial charge in [0.15, 0.2) is 5.78 Å². The van der Waals surface area contributed by atoms with Crippen LogP contribution in [-0.2, 0) is 0 Å². The SMILES string of the molecule is CC(=O)c1cnn(-c2ccccc2F)c1Br. The van der Waals surface area contributed by atoms with Crippen molar-refractivity contribution in [3.8, 4) is 5.69 Å². The number of ketones is 1. The van der Waals surface area contributed by atoms with Gasteiger partial charge in [0.05, 0.1) is 11.8 Å². The maximum Gasteiger partial charge on any atom is 0.164 e. The van der Waals surface area contributed by atoms with Crippen LogP contribution in [0, 0.1) is 5.82 Å². The molecule has 0 radical (unpaired) electrons. The van der Waals surface area contributed by atoms with Crippen LogP contribution in [0.25, 0.3) is 5.69 Å². The molecule has 3 nitrogen and oxygen atoms in total. The zero-order valence-electron chi connectivity index (χ0n) is 8.45. The predicted octanol–water partition coefficient (Wildman–Crippen LogP) is 2.98. The summed E-state index contributed by atoms with van der Waals surface area (Å²) in [6, 6.07) is 6.25. The molecule has 0 saturated carbocycles. The van der Waals surface area contributed by atoms with Crippen LogP contribution in [0.2, 0.25) is 0 Å². The van der Waals surface area contributed by atoms with Crippen molar-refractivity contribution in [1.82, 2.24) is 9.78 Å². The van der Waals surface area contributed by atoms with E-state index in [1.54, 1.807) is 18.2 Å². The summed E-state index contributed by atoms with van der Waals surface area (Å²) in [6.45, 7) is 1.44. The van der Waals surface area contributed by atoms with E-state index in [0.717, 1.165) is 0 Å². The molecular formula is C11H8BrFN2O. The standard InChI is InChI=1S/C11H8BrFN2O/c1-7(16)8-6-14-15(11(8)12)10-5-3-2-4-9(10)13/h2-6H,1H3. The number of aromatic nitrogens is 2. The first-order valence-electron chi connectivity index (χ1n) is 4.60. The van der Waals surface area contributed by atoms with Gasteiger partial charge in [-0.3, -0.25) is 4.79 Å². The molecule has 2 rings (SSSR count). The number of hydrogen-bond acceptors (Lipinski definition) is 2. The zero-order chi connectivity index (χ0) is 11.7. The van der Waals surface area contributed by atoms with Crippen molar-refractivity contribution in [3.05, 3.63) is 46.4 Å². The van der Waals surface area contributed by atoms with Crippen LogP contribution in [0.1, 0.15) is 17.3 Å². The van der Waals surface area contributed by atoms with Crippen molar-refractivity contribution in [1.29, 1.82) is 0 Å². The molecule has 0 bridgehead atoms. The van der Waals surface area contributed by atoms with Crippen molar-refractivity contribution >= 4 is 21.7 Å². The summed E-state index contributed by atoms with van der Waals surface area (Å²) in [4.78, 5) is 11.2. The van der Waals surface area contributed by atoms with Gasteiger partial charge in [0.2, 0.25) is 0 Å². The fourth-order valence-corrected chi connectivity index (χ4v) is 2.03. The normalized spacial score (nSPS) is 10.4. The highest BCUT2D eigenvalue weighted by Crippen LogP contribution is 2.22. The fourth-order valence-electron chi connectivity index (χ4n) is 1.36. The van der Waals surface area contributed by atoms with Crippen molar-refractivity contribution < 1.29 is 9.18 Å². The predicted molar refractivity (Wildman–Crippen MR) is 61.2 cm³/mol. The van der Waals surface area contributed by atoms with E-state index in [0.29, 0.717) is 15.9 Å². The van der Waals surface area contributed by atoms with E-state index in [1.807, 2.05) is 0 Å². The summed E-state index contributed by atoms with van der Waals surface area (Å²) in [7, 11) is 0. The molecule has 0 aliphatic carbocycles. The molecule has 16 heavy (non-hydrogen) atoms. The topological polar surface area (TPSA) is 34.9 Å². The molecule has 0 atom stereocenters. The second-order valence-corrected chi connectivity index (χ2v) is 4.02. The molecule has 1 aromatic carbocycles. The monoisotopic (exact) mass is 282 g/mol. The van der Waals surface area contributed by atoms with E-state index < -0.39 is 0 Å². The van der Waals surface area contributed by atoms with Gasteiger partial charge in [-0.25, -0.2) is 9.07 Å². The van der Waals surface area contributed by atoms with Crippen LogP contribution in [0.15, 0.2) is 35.1 Å². The summed E-state index contributed by atoms with van der Waals surface area (Å²) in [5, 5.41) is 3.98. The summed E-state index contributed by atoms with van der Waals surface area (Å²) in [6.07, 6.45) is 1.42. The fraction of sp³-hybridized carbons (Fsp3) is 0.0909. The van der Waals surface area contributed by atoms with E-state index in [-0.39, 0.29) is 11.6 Å². The smallest absolute Gasteiger partial charge is 0.164 e. The molecule has 82 valence electrons. The van der Waals surface area contributed by atoms with Crippen molar-refractivity contribution in [2.75, 3.05) is 0 Å². The van der Waals surface area contributed by atoms with Crippen LogP contribution in [0.4, 0.5) is 4.39 Å². The average Bonchev–Trinajstić information content (AvgIpc) is 2.61. The number of benzene rings is 1. The number of carbonyl (C=O) groups is 1. The van der Waals surface area contributed by atoms with E-state index in [1.165, 1.54) is 23.9 Å². The largest absolute Gasteiger partial charge is 0.294 e. The molecule has 0 aliphatic rings. The molecule has 0 N–H and O–H groups in total. The van der Waals surface area contributed by atoms with Crippen LogP contribution in [-0.4, -0.2) is 15.6 Å². The molecule has 0 fully saturated rings. The van der Waals surface area contributed by atoms with Gasteiger partial charge in [0.25, 0.3) is 0 Å². The summed E-state index contributed by atoms with van der Waals surface area (Å²) in [5.74, 6) is -0.504. The Morgan fingerprint density at radius 3 is 2.69 bits per heavy atom. The first-order chi connectivity index (χ1) is 7.61. The minimum atomic E-state index is -0.388. The lowest BCUT2D eigenvalue weighted by molar-refractivity contribution is 0.101. The summed E-state index contributed by atoms with van der Waals surface area (Å²) < 4.78 is 15.3. The Kier molecular flexibility index (Phi) is 2.87. The second-order valence-electron chi connectivity index (χ2n) is 3.27. The van der Waals surface area contributed by atoms with Crippen LogP contribution >= 0.6 is 15.9 Å².